The van der Waals surface area contributed by atoms with Crippen molar-refractivity contribution in [3.8, 4) is 0 Å². The number of benzene rings is 1. The number of amides is 1. The first kappa shape index (κ1) is 17.5. The van der Waals surface area contributed by atoms with E-state index in [4.69, 9.17) is 5.73 Å². The number of primary amides is 1. The third-order valence-electron chi connectivity index (χ3n) is 6.92. The second-order valence-electron chi connectivity index (χ2n) is 8.95. The molecule has 0 aromatic heterocycles. The van der Waals surface area contributed by atoms with Crippen molar-refractivity contribution in [2.24, 2.45) is 28.9 Å². The van der Waals surface area contributed by atoms with Crippen LogP contribution < -0.4 is 5.73 Å². The van der Waals surface area contributed by atoms with E-state index in [0.29, 0.717) is 5.41 Å². The lowest BCUT2D eigenvalue weighted by Crippen LogP contribution is -2.51. The van der Waals surface area contributed by atoms with E-state index < -0.39 is 5.91 Å². The molecule has 26 heavy (non-hydrogen) atoms. The Kier molecular flexibility index (Phi) is 4.52. The van der Waals surface area contributed by atoms with E-state index in [1.807, 2.05) is 0 Å². The van der Waals surface area contributed by atoms with Crippen LogP contribution in [0.25, 0.3) is 6.08 Å². The van der Waals surface area contributed by atoms with E-state index in [-0.39, 0.29) is 0 Å². The summed E-state index contributed by atoms with van der Waals surface area (Å²) in [6.07, 6.45) is 11.4. The Balaban J connectivity index is 1.42. The van der Waals surface area contributed by atoms with E-state index in [1.165, 1.54) is 37.3 Å². The summed E-state index contributed by atoms with van der Waals surface area (Å²) in [5.74, 6) is 2.26. The van der Waals surface area contributed by atoms with Crippen molar-refractivity contribution in [2.45, 2.75) is 39.2 Å². The Morgan fingerprint density at radius 2 is 2.08 bits per heavy atom. The summed E-state index contributed by atoms with van der Waals surface area (Å²) in [6.45, 7) is 4.62. The number of carbonyl (C=O) groups excluding carboxylic acids is 1. The summed E-state index contributed by atoms with van der Waals surface area (Å²) in [5.41, 5.74) is 9.62. The van der Waals surface area contributed by atoms with Crippen molar-refractivity contribution < 1.29 is 4.79 Å². The third kappa shape index (κ3) is 3.37. The largest absolute Gasteiger partial charge is 0.366 e. The molecular weight excluding hydrogens is 320 g/mol. The van der Waals surface area contributed by atoms with Gasteiger partial charge in [-0.1, -0.05) is 42.8 Å². The highest BCUT2D eigenvalue weighted by Gasteiger charge is 2.51. The van der Waals surface area contributed by atoms with Crippen LogP contribution in [0.15, 0.2) is 42.0 Å². The molecule has 0 heterocycles. The quantitative estimate of drug-likeness (QED) is 0.623. The molecule has 4 atom stereocenters. The zero-order chi connectivity index (χ0) is 18.3. The fraction of sp³-hybridized carbons (Fsp3) is 0.522. The lowest BCUT2D eigenvalue weighted by atomic mass is 9.49. The van der Waals surface area contributed by atoms with E-state index in [0.717, 1.165) is 36.4 Å². The summed E-state index contributed by atoms with van der Waals surface area (Å²) in [4.78, 5) is 13.3. The Labute approximate surface area is 156 Å². The minimum atomic E-state index is -0.410. The summed E-state index contributed by atoms with van der Waals surface area (Å²) in [7, 11) is 2.25. The molecule has 3 nitrogen and oxygen atoms in total. The van der Waals surface area contributed by atoms with Gasteiger partial charge < -0.3 is 10.6 Å². The fourth-order valence-electron chi connectivity index (χ4n) is 5.87. The van der Waals surface area contributed by atoms with Crippen molar-refractivity contribution in [3.05, 3.63) is 53.1 Å². The van der Waals surface area contributed by atoms with Crippen molar-refractivity contribution in [2.75, 3.05) is 13.6 Å². The number of nitrogens with zero attached hydrogens (tertiary/aromatic N) is 1. The highest BCUT2D eigenvalue weighted by molar-refractivity contribution is 5.90. The predicted molar refractivity (Wildman–Crippen MR) is 106 cm³/mol. The first-order chi connectivity index (χ1) is 12.4. The summed E-state index contributed by atoms with van der Waals surface area (Å²) < 4.78 is 0. The van der Waals surface area contributed by atoms with Gasteiger partial charge in [-0.25, -0.2) is 0 Å². The molecule has 3 heteroatoms. The third-order valence-corrected chi connectivity index (χ3v) is 6.92. The Bertz CT molecular complexity index is 748. The van der Waals surface area contributed by atoms with Gasteiger partial charge in [0.05, 0.1) is 0 Å². The SMILES string of the molecule is C[C@H]1C2CC3=CC1(CN(C)Cc1ccc(/C=C/C(N)=O)cc1)CC(C3)C2. The number of hydrogen-bond donors (Lipinski definition) is 1. The molecule has 138 valence electrons. The Morgan fingerprint density at radius 3 is 2.77 bits per heavy atom. The van der Waals surface area contributed by atoms with E-state index in [9.17, 15) is 4.79 Å². The van der Waals surface area contributed by atoms with Crippen LogP contribution in [0.4, 0.5) is 0 Å². The van der Waals surface area contributed by atoms with E-state index in [1.54, 1.807) is 11.6 Å². The molecule has 4 bridgehead atoms. The predicted octanol–water partition coefficient (Wildman–Crippen LogP) is 4.00. The maximum atomic E-state index is 10.8. The van der Waals surface area contributed by atoms with E-state index in [2.05, 4.69) is 49.2 Å². The van der Waals surface area contributed by atoms with Gasteiger partial charge in [0, 0.05) is 24.6 Å². The van der Waals surface area contributed by atoms with Crippen LogP contribution in [0.1, 0.15) is 43.7 Å². The lowest BCUT2D eigenvalue weighted by molar-refractivity contribution is -0.113. The molecule has 1 amide bonds. The Hall–Kier alpha value is -1.87. The second-order valence-corrected chi connectivity index (χ2v) is 8.95. The van der Waals surface area contributed by atoms with E-state index >= 15 is 0 Å². The molecule has 5 rings (SSSR count). The van der Waals surface area contributed by atoms with Gasteiger partial charge in [-0.05, 0) is 67.7 Å². The van der Waals surface area contributed by atoms with Crippen LogP contribution in [0, 0.1) is 23.2 Å². The molecule has 0 spiro atoms. The van der Waals surface area contributed by atoms with Crippen LogP contribution in [0.3, 0.4) is 0 Å². The normalized spacial score (nSPS) is 32.4. The van der Waals surface area contributed by atoms with Crippen molar-refractivity contribution >= 4 is 12.0 Å². The first-order valence-electron chi connectivity index (χ1n) is 9.89. The van der Waals surface area contributed by atoms with Crippen molar-refractivity contribution in [1.29, 1.82) is 0 Å². The molecule has 3 unspecified atom stereocenters. The topological polar surface area (TPSA) is 46.3 Å². The molecular formula is C23H30N2O. The van der Waals surface area contributed by atoms with Crippen molar-refractivity contribution in [1.82, 2.24) is 4.90 Å². The molecule has 2 saturated carbocycles. The number of nitrogens with two attached hydrogens (primary N) is 1. The minimum absolute atomic E-state index is 0.401. The van der Waals surface area contributed by atoms with Gasteiger partial charge in [0.1, 0.15) is 0 Å². The molecule has 4 aliphatic rings. The standard InChI is InChI=1S/C23H30N2O/c1-16-21-10-19-9-20(11-21)13-23(16,12-19)15-25(2)14-18-5-3-17(4-6-18)7-8-22(24)26/h3-8,12,16,20-21H,9-11,13-15H2,1-2H3,(H2,24,26)/b8-7+/t16-,20?,21?,23?/m0/s1. The van der Waals surface area contributed by atoms with Crippen molar-refractivity contribution in [3.63, 3.8) is 0 Å². The smallest absolute Gasteiger partial charge is 0.241 e. The van der Waals surface area contributed by atoms with Gasteiger partial charge in [0.2, 0.25) is 5.91 Å². The van der Waals surface area contributed by atoms with Crippen LogP contribution >= 0.6 is 0 Å². The summed E-state index contributed by atoms with van der Waals surface area (Å²) >= 11 is 0. The van der Waals surface area contributed by atoms with Crippen LogP contribution in [-0.4, -0.2) is 24.4 Å². The second kappa shape index (κ2) is 6.70. The summed E-state index contributed by atoms with van der Waals surface area (Å²) in [5, 5.41) is 0. The fourth-order valence-corrected chi connectivity index (χ4v) is 5.87. The maximum Gasteiger partial charge on any atom is 0.241 e. The zero-order valence-electron chi connectivity index (χ0n) is 15.9. The molecule has 2 fully saturated rings. The van der Waals surface area contributed by atoms with Crippen LogP contribution in [0.2, 0.25) is 0 Å². The molecule has 0 aliphatic heterocycles. The highest BCUT2D eigenvalue weighted by Crippen LogP contribution is 2.59. The molecule has 0 saturated heterocycles. The Morgan fingerprint density at radius 1 is 1.31 bits per heavy atom. The number of rotatable bonds is 6. The van der Waals surface area contributed by atoms with Gasteiger partial charge in [0.15, 0.2) is 0 Å². The van der Waals surface area contributed by atoms with Gasteiger partial charge in [-0.2, -0.15) is 0 Å². The first-order valence-corrected chi connectivity index (χ1v) is 9.89. The molecule has 0 radical (unpaired) electrons. The maximum absolute atomic E-state index is 10.8. The summed E-state index contributed by atoms with van der Waals surface area (Å²) in [6, 6.07) is 8.41. The molecule has 2 N–H and O–H groups in total. The zero-order valence-corrected chi connectivity index (χ0v) is 15.9. The number of hydrogen-bond acceptors (Lipinski definition) is 2. The molecule has 1 aromatic carbocycles. The lowest BCUT2D eigenvalue weighted by Gasteiger charge is -2.57. The highest BCUT2D eigenvalue weighted by atomic mass is 16.1. The minimum Gasteiger partial charge on any atom is -0.366 e. The van der Waals surface area contributed by atoms with Gasteiger partial charge >= 0.3 is 0 Å². The average molecular weight is 351 g/mol. The molecule has 1 aromatic rings. The average Bonchev–Trinajstić information content (AvgIpc) is 2.58. The molecule has 4 aliphatic carbocycles. The number of allylic oxidation sites excluding steroid dienone is 1. The monoisotopic (exact) mass is 350 g/mol. The van der Waals surface area contributed by atoms with Gasteiger partial charge in [-0.15, -0.1) is 0 Å². The van der Waals surface area contributed by atoms with Crippen LogP contribution in [0.5, 0.6) is 0 Å². The van der Waals surface area contributed by atoms with Gasteiger partial charge in [-0.3, -0.25) is 4.79 Å². The van der Waals surface area contributed by atoms with Gasteiger partial charge in [0.25, 0.3) is 0 Å². The number of carbonyl (C=O) groups is 1. The van der Waals surface area contributed by atoms with Crippen LogP contribution in [-0.2, 0) is 11.3 Å².